The van der Waals surface area contributed by atoms with E-state index in [0.717, 1.165) is 40.1 Å². The summed E-state index contributed by atoms with van der Waals surface area (Å²) in [6, 6.07) is 10.6. The van der Waals surface area contributed by atoms with Crippen molar-refractivity contribution in [2.24, 2.45) is 5.41 Å². The monoisotopic (exact) mass is 413 g/mol. The smallest absolute Gasteiger partial charge is 0.0763 e. The van der Waals surface area contributed by atoms with Crippen LogP contribution in [0.4, 0.5) is 5.69 Å². The molecule has 5 heteroatoms. The van der Waals surface area contributed by atoms with E-state index in [0.29, 0.717) is 12.3 Å². The molecule has 0 amide bonds. The fourth-order valence-corrected chi connectivity index (χ4v) is 3.82. The second kappa shape index (κ2) is 9.28. The Morgan fingerprint density at radius 1 is 1.32 bits per heavy atom. The van der Waals surface area contributed by atoms with Crippen LogP contribution in [0.5, 0.6) is 0 Å². The van der Waals surface area contributed by atoms with Gasteiger partial charge in [0.2, 0.25) is 0 Å². The topological polar surface area (TPSA) is 84.6 Å². The van der Waals surface area contributed by atoms with E-state index in [1.54, 1.807) is 6.20 Å². The van der Waals surface area contributed by atoms with Gasteiger partial charge in [0.15, 0.2) is 0 Å². The molecule has 1 aromatic carbocycles. The van der Waals surface area contributed by atoms with Crippen molar-refractivity contribution in [2.45, 2.75) is 46.7 Å². The lowest BCUT2D eigenvalue weighted by molar-refractivity contribution is 0.567. The van der Waals surface area contributed by atoms with Gasteiger partial charge in [0, 0.05) is 41.3 Å². The molecule has 160 valence electrons. The average Bonchev–Trinajstić information content (AvgIpc) is 2.75. The Morgan fingerprint density at radius 2 is 2.10 bits per heavy atom. The number of pyridine rings is 1. The molecule has 0 spiro atoms. The molecule has 0 aliphatic heterocycles. The molecule has 3 rings (SSSR count). The molecule has 1 heterocycles. The molecule has 5 nitrogen and oxygen atoms in total. The highest BCUT2D eigenvalue weighted by atomic mass is 14.9. The van der Waals surface area contributed by atoms with Crippen molar-refractivity contribution in [3.63, 3.8) is 0 Å². The van der Waals surface area contributed by atoms with E-state index < -0.39 is 5.41 Å². The van der Waals surface area contributed by atoms with Crippen LogP contribution in [0.1, 0.15) is 48.2 Å². The summed E-state index contributed by atoms with van der Waals surface area (Å²) in [5.41, 5.74) is 7.22. The van der Waals surface area contributed by atoms with Crippen LogP contribution in [0.25, 0.3) is 0 Å². The molecular weight excluding hydrogens is 382 g/mol. The Morgan fingerprint density at radius 3 is 2.71 bits per heavy atom. The molecule has 2 aromatic rings. The van der Waals surface area contributed by atoms with Gasteiger partial charge in [0.1, 0.15) is 0 Å². The highest BCUT2D eigenvalue weighted by Crippen LogP contribution is 2.31. The Bertz CT molecular complexity index is 1090. The van der Waals surface area contributed by atoms with Gasteiger partial charge < -0.3 is 10.6 Å². The van der Waals surface area contributed by atoms with Crippen LogP contribution in [0.3, 0.4) is 0 Å². The lowest BCUT2D eigenvalue weighted by Crippen LogP contribution is -2.22. The predicted octanol–water partition coefficient (Wildman–Crippen LogP) is 5.05. The van der Waals surface area contributed by atoms with E-state index in [-0.39, 0.29) is 6.04 Å². The molecule has 3 N–H and O–H groups in total. The molecule has 2 unspecified atom stereocenters. The number of aryl methyl sites for hydroxylation is 2. The van der Waals surface area contributed by atoms with Crippen LogP contribution in [-0.2, 0) is 6.54 Å². The van der Waals surface area contributed by atoms with Crippen LogP contribution >= 0.6 is 0 Å². The maximum absolute atomic E-state index is 9.33. The zero-order valence-corrected chi connectivity index (χ0v) is 19.0. The maximum Gasteiger partial charge on any atom is 0.0763 e. The maximum atomic E-state index is 9.33. The van der Waals surface area contributed by atoms with Crippen molar-refractivity contribution in [3.8, 4) is 6.07 Å². The van der Waals surface area contributed by atoms with Gasteiger partial charge in [0.05, 0.1) is 17.2 Å². The molecule has 1 aliphatic carbocycles. The Balaban J connectivity index is 1.88. The van der Waals surface area contributed by atoms with E-state index in [2.05, 4.69) is 59.8 Å². The molecule has 31 heavy (non-hydrogen) atoms. The van der Waals surface area contributed by atoms with Crippen molar-refractivity contribution < 1.29 is 0 Å². The first-order valence-electron chi connectivity index (χ1n) is 10.6. The third-order valence-electron chi connectivity index (χ3n) is 5.80. The summed E-state index contributed by atoms with van der Waals surface area (Å²) in [4.78, 5) is 4.25. The van der Waals surface area contributed by atoms with Gasteiger partial charge in [-0.25, -0.2) is 0 Å². The third-order valence-corrected chi connectivity index (χ3v) is 5.80. The Kier molecular flexibility index (Phi) is 6.72. The van der Waals surface area contributed by atoms with Gasteiger partial charge >= 0.3 is 0 Å². The van der Waals surface area contributed by atoms with Gasteiger partial charge in [-0.1, -0.05) is 18.2 Å². The Hall–Kier alpha value is -3.23. The number of rotatable bonds is 7. The number of anilines is 1. The highest BCUT2D eigenvalue weighted by molar-refractivity contribution is 6.12. The minimum absolute atomic E-state index is 0.114. The van der Waals surface area contributed by atoms with Gasteiger partial charge in [-0.2, -0.15) is 5.26 Å². The predicted molar refractivity (Wildman–Crippen MR) is 127 cm³/mol. The largest absolute Gasteiger partial charge is 0.378 e. The third kappa shape index (κ3) is 5.10. The van der Waals surface area contributed by atoms with Gasteiger partial charge in [-0.05, 0) is 82.1 Å². The van der Waals surface area contributed by atoms with E-state index in [9.17, 15) is 5.26 Å². The van der Waals surface area contributed by atoms with Crippen molar-refractivity contribution in [2.75, 3.05) is 12.4 Å². The fraction of sp³-hybridized carbons (Fsp3) is 0.346. The molecule has 2 atom stereocenters. The summed E-state index contributed by atoms with van der Waals surface area (Å²) < 4.78 is 0. The van der Waals surface area contributed by atoms with Gasteiger partial charge in [-0.15, -0.1) is 0 Å². The Labute approximate surface area is 185 Å². The van der Waals surface area contributed by atoms with Crippen molar-refractivity contribution >= 4 is 11.4 Å². The number of allylic oxidation sites excluding steroid dienone is 2. The zero-order chi connectivity index (χ0) is 22.6. The summed E-state index contributed by atoms with van der Waals surface area (Å²) >= 11 is 0. The first-order valence-corrected chi connectivity index (χ1v) is 10.6. The van der Waals surface area contributed by atoms with Crippen LogP contribution in [-0.4, -0.2) is 23.8 Å². The fourth-order valence-electron chi connectivity index (χ4n) is 3.82. The quantitative estimate of drug-likeness (QED) is 0.555. The lowest BCUT2D eigenvalue weighted by Gasteiger charge is -2.25. The average molecular weight is 414 g/mol. The lowest BCUT2D eigenvalue weighted by atomic mass is 9.82. The summed E-state index contributed by atoms with van der Waals surface area (Å²) in [5.74, 6) is 0. The molecule has 1 aliphatic rings. The standard InChI is InChI=1S/C26H31N5/c1-17-12-24(31-19(3)20-6-9-26(4,16-27)10-7-20)22(15-29-5)14-23(17)25(28)21-8-11-30-18(2)13-21/h6-9,11-14,19,28-29,31H,10,15H2,1-5H3. The van der Waals surface area contributed by atoms with E-state index in [1.165, 1.54) is 5.57 Å². The number of hydrogen-bond donors (Lipinski definition) is 3. The molecule has 0 fully saturated rings. The number of nitrogens with zero attached hydrogens (tertiary/aromatic N) is 2. The number of hydrogen-bond acceptors (Lipinski definition) is 5. The molecule has 1 aromatic heterocycles. The van der Waals surface area contributed by atoms with Crippen molar-refractivity contribution in [3.05, 3.63) is 82.2 Å². The minimum atomic E-state index is -0.412. The first-order chi connectivity index (χ1) is 14.8. The molecule has 0 saturated carbocycles. The molecular formula is C26H31N5. The second-order valence-corrected chi connectivity index (χ2v) is 8.55. The molecule has 0 bridgehead atoms. The minimum Gasteiger partial charge on any atom is -0.378 e. The molecule has 0 saturated heterocycles. The number of nitriles is 1. The normalized spacial score (nSPS) is 18.8. The van der Waals surface area contributed by atoms with Gasteiger partial charge in [-0.3, -0.25) is 10.4 Å². The van der Waals surface area contributed by atoms with Crippen molar-refractivity contribution in [1.29, 1.82) is 10.7 Å². The van der Waals surface area contributed by atoms with E-state index in [1.807, 2.05) is 39.1 Å². The zero-order valence-electron chi connectivity index (χ0n) is 19.0. The van der Waals surface area contributed by atoms with Crippen LogP contribution in [0.2, 0.25) is 0 Å². The van der Waals surface area contributed by atoms with Crippen molar-refractivity contribution in [1.82, 2.24) is 10.3 Å². The van der Waals surface area contributed by atoms with Crippen LogP contribution in [0.15, 0.2) is 54.3 Å². The highest BCUT2D eigenvalue weighted by Gasteiger charge is 2.23. The van der Waals surface area contributed by atoms with Crippen LogP contribution < -0.4 is 10.6 Å². The number of benzene rings is 1. The summed E-state index contributed by atoms with van der Waals surface area (Å²) in [6.45, 7) is 8.79. The summed E-state index contributed by atoms with van der Waals surface area (Å²) in [5, 5.41) is 25.0. The SMILES string of the molecule is CNCc1cc(C(=N)c2ccnc(C)c2)c(C)cc1NC(C)C1=CCC(C)(C#N)C=C1. The summed E-state index contributed by atoms with van der Waals surface area (Å²) in [6.07, 6.45) is 8.70. The molecule has 0 radical (unpaired) electrons. The number of nitrogens with one attached hydrogen (secondary N) is 3. The first kappa shape index (κ1) is 22.5. The van der Waals surface area contributed by atoms with E-state index in [4.69, 9.17) is 5.41 Å². The second-order valence-electron chi connectivity index (χ2n) is 8.55. The van der Waals surface area contributed by atoms with Gasteiger partial charge in [0.25, 0.3) is 0 Å². The van der Waals surface area contributed by atoms with Crippen LogP contribution in [0, 0.1) is 36.0 Å². The summed E-state index contributed by atoms with van der Waals surface area (Å²) in [7, 11) is 1.93. The number of aromatic nitrogens is 1. The van der Waals surface area contributed by atoms with E-state index >= 15 is 0 Å².